The molecule has 2 aliphatic rings. The van der Waals surface area contributed by atoms with Gasteiger partial charge in [-0.15, -0.1) is 0 Å². The highest BCUT2D eigenvalue weighted by Gasteiger charge is 2.38. The molecule has 0 atom stereocenters. The van der Waals surface area contributed by atoms with Gasteiger partial charge in [0.15, 0.2) is 17.4 Å². The van der Waals surface area contributed by atoms with Crippen LogP contribution in [0.1, 0.15) is 70.3 Å². The summed E-state index contributed by atoms with van der Waals surface area (Å²) in [6.07, 6.45) is 10.0. The Balaban J connectivity index is 1.55. The van der Waals surface area contributed by atoms with E-state index in [0.29, 0.717) is 37.7 Å². The summed E-state index contributed by atoms with van der Waals surface area (Å²) in [4.78, 5) is 0. The Kier molecular flexibility index (Phi) is 6.31. The largest absolute Gasteiger partial charge is 0.487 e. The Bertz CT molecular complexity index is 622. The zero-order chi connectivity index (χ0) is 18.6. The average Bonchev–Trinajstić information content (AvgIpc) is 2.64. The van der Waals surface area contributed by atoms with Crippen LogP contribution in [-0.4, -0.2) is 12.3 Å². The molecule has 0 bridgehead atoms. The molecule has 0 radical (unpaired) electrons. The topological polar surface area (TPSA) is 9.23 Å². The van der Waals surface area contributed by atoms with Crippen LogP contribution in [0.4, 0.5) is 13.2 Å². The van der Waals surface area contributed by atoms with E-state index in [2.05, 4.69) is 6.08 Å². The molecule has 1 aromatic carbocycles. The quantitative estimate of drug-likeness (QED) is 0.509. The van der Waals surface area contributed by atoms with Gasteiger partial charge in [-0.25, -0.2) is 13.2 Å². The van der Waals surface area contributed by atoms with E-state index in [4.69, 9.17) is 4.74 Å². The third kappa shape index (κ3) is 4.44. The molecule has 1 aromatic rings. The maximum atomic E-state index is 15.2. The molecule has 0 saturated heterocycles. The van der Waals surface area contributed by atoms with Crippen molar-refractivity contribution >= 4 is 0 Å². The van der Waals surface area contributed by atoms with Gasteiger partial charge >= 0.3 is 0 Å². The van der Waals surface area contributed by atoms with Crippen LogP contribution in [0.25, 0.3) is 0 Å². The third-order valence-corrected chi connectivity index (χ3v) is 5.82. The van der Waals surface area contributed by atoms with E-state index in [1.807, 2.05) is 6.92 Å². The molecule has 0 aromatic heterocycles. The molecule has 0 aliphatic heterocycles. The molecule has 2 aliphatic carbocycles. The first-order valence-corrected chi connectivity index (χ1v) is 10.0. The molecule has 26 heavy (non-hydrogen) atoms. The van der Waals surface area contributed by atoms with Gasteiger partial charge in [-0.1, -0.05) is 19.4 Å². The minimum Gasteiger partial charge on any atom is -0.487 e. The summed E-state index contributed by atoms with van der Waals surface area (Å²) in [7, 11) is 0. The van der Waals surface area contributed by atoms with Crippen molar-refractivity contribution in [2.24, 2.45) is 5.92 Å². The summed E-state index contributed by atoms with van der Waals surface area (Å²) < 4.78 is 48.9. The normalized spacial score (nSPS) is 26.5. The monoisotopic (exact) mass is 366 g/mol. The van der Waals surface area contributed by atoms with E-state index in [9.17, 15) is 8.78 Å². The van der Waals surface area contributed by atoms with Gasteiger partial charge in [-0.3, -0.25) is 0 Å². The Morgan fingerprint density at radius 2 is 1.81 bits per heavy atom. The lowest BCUT2D eigenvalue weighted by Gasteiger charge is -2.37. The Morgan fingerprint density at radius 3 is 2.38 bits per heavy atom. The zero-order valence-electron chi connectivity index (χ0n) is 15.6. The predicted molar refractivity (Wildman–Crippen MR) is 98.2 cm³/mol. The second kappa shape index (κ2) is 8.49. The number of aryl methyl sites for hydroxylation is 1. The van der Waals surface area contributed by atoms with Crippen molar-refractivity contribution in [2.75, 3.05) is 6.61 Å². The molecule has 0 heterocycles. The molecule has 0 amide bonds. The van der Waals surface area contributed by atoms with Crippen LogP contribution < -0.4 is 4.74 Å². The van der Waals surface area contributed by atoms with E-state index < -0.39 is 17.3 Å². The summed E-state index contributed by atoms with van der Waals surface area (Å²) in [5.74, 6) is -1.43. The minimum atomic E-state index is -1.17. The molecular weight excluding hydrogens is 337 g/mol. The highest BCUT2D eigenvalue weighted by molar-refractivity contribution is 5.31. The molecule has 144 valence electrons. The number of hydrogen-bond acceptors (Lipinski definition) is 1. The van der Waals surface area contributed by atoms with E-state index >= 15 is 4.39 Å². The number of alkyl halides is 1. The first-order chi connectivity index (χ1) is 12.5. The molecular formula is C22H29F3O. The second-order valence-electron chi connectivity index (χ2n) is 7.83. The Morgan fingerprint density at radius 1 is 1.12 bits per heavy atom. The fourth-order valence-electron chi connectivity index (χ4n) is 4.25. The van der Waals surface area contributed by atoms with Crippen LogP contribution in [-0.2, 0) is 6.42 Å². The van der Waals surface area contributed by atoms with Gasteiger partial charge in [-0.2, -0.15) is 0 Å². The summed E-state index contributed by atoms with van der Waals surface area (Å²) in [5, 5.41) is 0. The first-order valence-electron chi connectivity index (χ1n) is 10.0. The third-order valence-electron chi connectivity index (χ3n) is 5.82. The van der Waals surface area contributed by atoms with Crippen molar-refractivity contribution in [2.45, 2.75) is 76.8 Å². The highest BCUT2D eigenvalue weighted by atomic mass is 19.1. The summed E-state index contributed by atoms with van der Waals surface area (Å²) in [6.45, 7) is 2.22. The number of ether oxygens (including phenoxy) is 1. The maximum absolute atomic E-state index is 15.2. The zero-order valence-corrected chi connectivity index (χ0v) is 15.6. The lowest BCUT2D eigenvalue weighted by molar-refractivity contribution is 0.0919. The van der Waals surface area contributed by atoms with Crippen molar-refractivity contribution in [3.05, 3.63) is 41.0 Å². The smallest absolute Gasteiger partial charge is 0.190 e. The fraction of sp³-hybridized carbons (Fsp3) is 0.636. The van der Waals surface area contributed by atoms with Crippen molar-refractivity contribution in [3.63, 3.8) is 0 Å². The van der Waals surface area contributed by atoms with E-state index in [-0.39, 0.29) is 18.3 Å². The van der Waals surface area contributed by atoms with Gasteiger partial charge in [0, 0.05) is 0 Å². The van der Waals surface area contributed by atoms with E-state index in [0.717, 1.165) is 37.7 Å². The van der Waals surface area contributed by atoms with Crippen LogP contribution in [0.5, 0.6) is 5.75 Å². The molecule has 1 fully saturated rings. The Hall–Kier alpha value is -1.45. The molecule has 1 nitrogen and oxygen atoms in total. The standard InChI is InChI=1S/C22H29F3O/c1-2-6-17-13-19(23)21(20(24)14-17)26-15-16-9-11-22(25,12-10-16)18-7-4-3-5-8-18/h7,13-14,16H,2-6,8-12,15H2,1H3. The number of allylic oxidation sites excluding steroid dienone is 2. The summed E-state index contributed by atoms with van der Waals surface area (Å²) in [5.41, 5.74) is 0.456. The molecule has 0 N–H and O–H groups in total. The van der Waals surface area contributed by atoms with Crippen LogP contribution in [0.2, 0.25) is 0 Å². The van der Waals surface area contributed by atoms with Crippen LogP contribution in [0.15, 0.2) is 23.8 Å². The number of rotatable bonds is 6. The fourth-order valence-corrected chi connectivity index (χ4v) is 4.25. The van der Waals surface area contributed by atoms with E-state index in [1.165, 1.54) is 12.1 Å². The molecule has 1 saturated carbocycles. The van der Waals surface area contributed by atoms with Crippen molar-refractivity contribution in [1.29, 1.82) is 0 Å². The summed E-state index contributed by atoms with van der Waals surface area (Å²) in [6, 6.07) is 2.70. The van der Waals surface area contributed by atoms with Crippen molar-refractivity contribution < 1.29 is 17.9 Å². The van der Waals surface area contributed by atoms with Gasteiger partial charge in [0.2, 0.25) is 0 Å². The first kappa shape index (κ1) is 19.3. The van der Waals surface area contributed by atoms with E-state index in [1.54, 1.807) is 0 Å². The second-order valence-corrected chi connectivity index (χ2v) is 7.83. The summed E-state index contributed by atoms with van der Waals surface area (Å²) >= 11 is 0. The number of hydrogen-bond donors (Lipinski definition) is 0. The average molecular weight is 366 g/mol. The highest BCUT2D eigenvalue weighted by Crippen LogP contribution is 2.43. The van der Waals surface area contributed by atoms with Crippen LogP contribution in [0, 0.1) is 17.6 Å². The van der Waals surface area contributed by atoms with Crippen LogP contribution in [0.3, 0.4) is 0 Å². The molecule has 3 rings (SSSR count). The lowest BCUT2D eigenvalue weighted by Crippen LogP contribution is -2.34. The molecule has 0 spiro atoms. The van der Waals surface area contributed by atoms with Gasteiger partial charge in [0.1, 0.15) is 5.67 Å². The maximum Gasteiger partial charge on any atom is 0.190 e. The van der Waals surface area contributed by atoms with Gasteiger partial charge in [0.05, 0.1) is 6.61 Å². The lowest BCUT2D eigenvalue weighted by atomic mass is 9.74. The Labute approximate surface area is 154 Å². The molecule has 4 heteroatoms. The minimum absolute atomic E-state index is 0.150. The van der Waals surface area contributed by atoms with Gasteiger partial charge < -0.3 is 4.74 Å². The van der Waals surface area contributed by atoms with Gasteiger partial charge in [0.25, 0.3) is 0 Å². The van der Waals surface area contributed by atoms with Crippen molar-refractivity contribution in [3.8, 4) is 5.75 Å². The number of halogens is 3. The van der Waals surface area contributed by atoms with Crippen LogP contribution >= 0.6 is 0 Å². The molecule has 0 unspecified atom stereocenters. The predicted octanol–water partition coefficient (Wildman–Crippen LogP) is 6.70. The van der Waals surface area contributed by atoms with Crippen molar-refractivity contribution in [1.82, 2.24) is 0 Å². The van der Waals surface area contributed by atoms with Gasteiger partial charge in [-0.05, 0) is 87.0 Å². The SMILES string of the molecule is CCCc1cc(F)c(OCC2CCC(F)(C3=CCCCC3)CC2)c(F)c1. The number of benzene rings is 1.